The molecule has 1 amide bonds. The van der Waals surface area contributed by atoms with E-state index in [1.54, 1.807) is 6.20 Å². The Morgan fingerprint density at radius 2 is 1.76 bits per heavy atom. The number of nitrogens with zero attached hydrogens (tertiary/aromatic N) is 2. The average Bonchev–Trinajstić information content (AvgIpc) is 3.50. The number of fused-ring (bicyclic) bond motifs is 3. The zero-order valence-corrected chi connectivity index (χ0v) is 18.2. The van der Waals surface area contributed by atoms with Crippen LogP contribution < -0.4 is 10.1 Å². The minimum absolute atomic E-state index is 0.0133. The van der Waals surface area contributed by atoms with Gasteiger partial charge < -0.3 is 19.9 Å². The van der Waals surface area contributed by atoms with Crippen LogP contribution in [0.3, 0.4) is 0 Å². The number of methoxy groups -OCH3 is 1. The number of amides is 1. The fourth-order valence-electron chi connectivity index (χ4n) is 4.75. The molecule has 1 heterocycles. The summed E-state index contributed by atoms with van der Waals surface area (Å²) >= 11 is 0. The Hall–Kier alpha value is -3.81. The van der Waals surface area contributed by atoms with Crippen LogP contribution in [0.4, 0.5) is 4.79 Å². The Kier molecular flexibility index (Phi) is 5.28. The molecule has 2 N–H and O–H groups in total. The van der Waals surface area contributed by atoms with Gasteiger partial charge in [0.15, 0.2) is 11.3 Å². The number of aromatic nitrogens is 2. The molecular formula is C25H25N3O5. The lowest BCUT2D eigenvalue weighted by Gasteiger charge is -2.30. The van der Waals surface area contributed by atoms with Gasteiger partial charge in [0, 0.05) is 5.92 Å². The van der Waals surface area contributed by atoms with Crippen LogP contribution in [-0.2, 0) is 16.1 Å². The van der Waals surface area contributed by atoms with Crippen molar-refractivity contribution in [3.05, 3.63) is 72.1 Å². The SMILES string of the molecule is COc1cnn(CC(NC(=O)OCC2c3ccccc3-c3ccccc32)(C(=O)O)C2CC2)c1. The summed E-state index contributed by atoms with van der Waals surface area (Å²) in [6.45, 7) is 0.108. The molecule has 8 nitrogen and oxygen atoms in total. The van der Waals surface area contributed by atoms with Gasteiger partial charge in [0.2, 0.25) is 0 Å². The Morgan fingerprint density at radius 3 is 2.30 bits per heavy atom. The second-order valence-corrected chi connectivity index (χ2v) is 8.58. The molecule has 0 radical (unpaired) electrons. The number of hydrogen-bond donors (Lipinski definition) is 2. The third-order valence-corrected chi connectivity index (χ3v) is 6.58. The number of carbonyl (C=O) groups is 2. The number of carboxylic acids is 1. The number of hydrogen-bond acceptors (Lipinski definition) is 5. The summed E-state index contributed by atoms with van der Waals surface area (Å²) in [5, 5.41) is 17.0. The first kappa shape index (κ1) is 21.1. The molecule has 170 valence electrons. The molecule has 1 atom stereocenters. The number of nitrogens with one attached hydrogen (secondary N) is 1. The first-order valence-electron chi connectivity index (χ1n) is 10.9. The number of carboxylic acid groups (broad SMARTS) is 1. The first-order valence-corrected chi connectivity index (χ1v) is 10.9. The average molecular weight is 447 g/mol. The van der Waals surface area contributed by atoms with Gasteiger partial charge in [-0.15, -0.1) is 0 Å². The number of aliphatic carboxylic acids is 1. The molecule has 0 spiro atoms. The highest BCUT2D eigenvalue weighted by Gasteiger charge is 2.53. The normalized spacial score (nSPS) is 16.4. The van der Waals surface area contributed by atoms with Crippen LogP contribution in [0.2, 0.25) is 0 Å². The molecule has 8 heteroatoms. The van der Waals surface area contributed by atoms with Gasteiger partial charge in [0.05, 0.1) is 26.0 Å². The third-order valence-electron chi connectivity index (χ3n) is 6.58. The third kappa shape index (κ3) is 3.82. The number of ether oxygens (including phenoxy) is 2. The van der Waals surface area contributed by atoms with Gasteiger partial charge in [-0.2, -0.15) is 5.10 Å². The van der Waals surface area contributed by atoms with E-state index in [1.165, 1.54) is 18.0 Å². The van der Waals surface area contributed by atoms with E-state index < -0.39 is 17.6 Å². The summed E-state index contributed by atoms with van der Waals surface area (Å²) in [6.07, 6.45) is 3.81. The molecular weight excluding hydrogens is 422 g/mol. The van der Waals surface area contributed by atoms with Crippen LogP contribution >= 0.6 is 0 Å². The van der Waals surface area contributed by atoms with Gasteiger partial charge in [-0.25, -0.2) is 9.59 Å². The van der Waals surface area contributed by atoms with Crippen molar-refractivity contribution in [2.45, 2.75) is 30.8 Å². The molecule has 2 aromatic carbocycles. The van der Waals surface area contributed by atoms with Crippen LogP contribution in [0.15, 0.2) is 60.9 Å². The van der Waals surface area contributed by atoms with Crippen molar-refractivity contribution >= 4 is 12.1 Å². The van der Waals surface area contributed by atoms with Crippen LogP contribution in [-0.4, -0.2) is 46.2 Å². The van der Waals surface area contributed by atoms with Gasteiger partial charge in [-0.1, -0.05) is 48.5 Å². The van der Waals surface area contributed by atoms with Gasteiger partial charge in [0.25, 0.3) is 0 Å². The second-order valence-electron chi connectivity index (χ2n) is 8.58. The van der Waals surface area contributed by atoms with E-state index >= 15 is 0 Å². The highest BCUT2D eigenvalue weighted by Crippen LogP contribution is 2.45. The predicted octanol–water partition coefficient (Wildman–Crippen LogP) is 3.66. The Labute approximate surface area is 191 Å². The van der Waals surface area contributed by atoms with Gasteiger partial charge in [0.1, 0.15) is 6.61 Å². The number of benzene rings is 2. The molecule has 33 heavy (non-hydrogen) atoms. The Bertz CT molecular complexity index is 1160. The van der Waals surface area contributed by atoms with Crippen LogP contribution in [0.1, 0.15) is 29.9 Å². The first-order chi connectivity index (χ1) is 16.0. The number of rotatable bonds is 8. The lowest BCUT2D eigenvalue weighted by Crippen LogP contribution is -2.59. The maximum absolute atomic E-state index is 12.9. The lowest BCUT2D eigenvalue weighted by atomic mass is 9.93. The maximum atomic E-state index is 12.9. The summed E-state index contributed by atoms with van der Waals surface area (Å²) < 4.78 is 12.2. The Balaban J connectivity index is 1.33. The minimum Gasteiger partial charge on any atom is -0.493 e. The van der Waals surface area contributed by atoms with Crippen molar-refractivity contribution < 1.29 is 24.2 Å². The smallest absolute Gasteiger partial charge is 0.408 e. The van der Waals surface area contributed by atoms with Gasteiger partial charge in [-0.3, -0.25) is 4.68 Å². The second kappa shape index (κ2) is 8.27. The largest absolute Gasteiger partial charge is 0.493 e. The van der Waals surface area contributed by atoms with E-state index in [-0.39, 0.29) is 25.0 Å². The molecule has 1 fully saturated rings. The summed E-state index contributed by atoms with van der Waals surface area (Å²) in [4.78, 5) is 25.2. The fraction of sp³-hybridized carbons (Fsp3) is 0.320. The maximum Gasteiger partial charge on any atom is 0.408 e. The van der Waals surface area contributed by atoms with Crippen molar-refractivity contribution in [1.29, 1.82) is 0 Å². The quantitative estimate of drug-likeness (QED) is 0.546. The highest BCUT2D eigenvalue weighted by molar-refractivity contribution is 5.85. The molecule has 1 aromatic heterocycles. The van der Waals surface area contributed by atoms with E-state index in [0.717, 1.165) is 22.3 Å². The number of carbonyl (C=O) groups excluding carboxylic acids is 1. The van der Waals surface area contributed by atoms with E-state index in [0.29, 0.717) is 18.6 Å². The molecule has 1 saturated carbocycles. The van der Waals surface area contributed by atoms with Gasteiger partial charge in [-0.05, 0) is 41.0 Å². The standard InChI is InChI=1S/C25H25N3O5/c1-32-17-12-26-28(13-17)15-25(23(29)30,16-10-11-16)27-24(31)33-14-22-20-8-4-2-6-18(20)19-7-3-5-9-21(19)22/h2-9,12-13,16,22H,10-11,14-15H2,1H3,(H,27,31)(H,29,30). The van der Waals surface area contributed by atoms with E-state index in [1.807, 2.05) is 36.4 Å². The van der Waals surface area contributed by atoms with Gasteiger partial charge >= 0.3 is 12.1 Å². The summed E-state index contributed by atoms with van der Waals surface area (Å²) in [7, 11) is 1.52. The summed E-state index contributed by atoms with van der Waals surface area (Å²) in [6, 6.07) is 16.1. The molecule has 2 aliphatic carbocycles. The van der Waals surface area contributed by atoms with Crippen LogP contribution in [0.5, 0.6) is 5.75 Å². The molecule has 2 aliphatic rings. The molecule has 0 bridgehead atoms. The molecule has 0 aliphatic heterocycles. The zero-order chi connectivity index (χ0) is 23.0. The van der Waals surface area contributed by atoms with Crippen molar-refractivity contribution in [2.24, 2.45) is 5.92 Å². The molecule has 0 saturated heterocycles. The van der Waals surface area contributed by atoms with Crippen LogP contribution in [0.25, 0.3) is 11.1 Å². The highest BCUT2D eigenvalue weighted by atomic mass is 16.5. The summed E-state index contributed by atoms with van der Waals surface area (Å²) in [5.41, 5.74) is 2.96. The molecule has 1 unspecified atom stereocenters. The zero-order valence-electron chi connectivity index (χ0n) is 18.2. The minimum atomic E-state index is -1.50. The van der Waals surface area contributed by atoms with Crippen molar-refractivity contribution in [3.63, 3.8) is 0 Å². The van der Waals surface area contributed by atoms with E-state index in [2.05, 4.69) is 22.5 Å². The van der Waals surface area contributed by atoms with E-state index in [4.69, 9.17) is 9.47 Å². The topological polar surface area (TPSA) is 103 Å². The summed E-state index contributed by atoms with van der Waals surface area (Å²) in [5.74, 6) is -0.872. The van der Waals surface area contributed by atoms with Crippen molar-refractivity contribution in [3.8, 4) is 16.9 Å². The lowest BCUT2D eigenvalue weighted by molar-refractivity contribution is -0.146. The molecule has 5 rings (SSSR count). The fourth-order valence-corrected chi connectivity index (χ4v) is 4.75. The Morgan fingerprint density at radius 1 is 1.12 bits per heavy atom. The molecule has 3 aromatic rings. The van der Waals surface area contributed by atoms with Crippen molar-refractivity contribution in [1.82, 2.24) is 15.1 Å². The predicted molar refractivity (Wildman–Crippen MR) is 120 cm³/mol. The monoisotopic (exact) mass is 447 g/mol. The number of alkyl carbamates (subject to hydrolysis) is 1. The van der Waals surface area contributed by atoms with E-state index in [9.17, 15) is 14.7 Å². The van der Waals surface area contributed by atoms with Crippen LogP contribution in [0, 0.1) is 5.92 Å². The van der Waals surface area contributed by atoms with Crippen molar-refractivity contribution in [2.75, 3.05) is 13.7 Å².